The third-order valence-corrected chi connectivity index (χ3v) is 7.09. The average molecular weight is 401 g/mol. The largest absolute Gasteiger partial charge is 0.342 e. The molecule has 0 unspecified atom stereocenters. The number of amides is 1. The summed E-state index contributed by atoms with van der Waals surface area (Å²) in [4.78, 5) is 20.5. The summed E-state index contributed by atoms with van der Waals surface area (Å²) in [7, 11) is -3.57. The van der Waals surface area contributed by atoms with Gasteiger partial charge in [-0.15, -0.1) is 0 Å². The number of aromatic nitrogens is 1. The molecule has 2 aliphatic heterocycles. The van der Waals surface area contributed by atoms with Gasteiger partial charge in [0.1, 0.15) is 10.0 Å². The van der Waals surface area contributed by atoms with Crippen LogP contribution in [-0.4, -0.2) is 79.2 Å². The number of halogens is 1. The number of pyridine rings is 1. The van der Waals surface area contributed by atoms with Gasteiger partial charge in [0.2, 0.25) is 15.9 Å². The van der Waals surface area contributed by atoms with Crippen molar-refractivity contribution in [3.8, 4) is 0 Å². The van der Waals surface area contributed by atoms with Crippen molar-refractivity contribution in [2.75, 3.05) is 45.8 Å². The van der Waals surface area contributed by atoms with Crippen molar-refractivity contribution in [2.24, 2.45) is 0 Å². The fraction of sp³-hybridized carbons (Fsp3) is 0.647. The van der Waals surface area contributed by atoms with E-state index < -0.39 is 10.0 Å². The van der Waals surface area contributed by atoms with Gasteiger partial charge >= 0.3 is 0 Å². The highest BCUT2D eigenvalue weighted by atomic mass is 35.5. The predicted octanol–water partition coefficient (Wildman–Crippen LogP) is 1.44. The van der Waals surface area contributed by atoms with Crippen molar-refractivity contribution in [1.29, 1.82) is 0 Å². The van der Waals surface area contributed by atoms with Crippen molar-refractivity contribution in [2.45, 2.75) is 30.6 Å². The summed E-state index contributed by atoms with van der Waals surface area (Å²) in [5.74, 6) is 0.158. The Morgan fingerprint density at radius 1 is 1.00 bits per heavy atom. The number of hydrogen-bond donors (Lipinski definition) is 0. The van der Waals surface area contributed by atoms with E-state index in [1.165, 1.54) is 35.5 Å². The maximum absolute atomic E-state index is 12.7. The Balaban J connectivity index is 1.53. The van der Waals surface area contributed by atoms with Crippen LogP contribution in [-0.2, 0) is 14.8 Å². The summed E-state index contributed by atoms with van der Waals surface area (Å²) in [6, 6.07) is 2.95. The van der Waals surface area contributed by atoms with E-state index in [2.05, 4.69) is 4.98 Å². The second kappa shape index (κ2) is 8.65. The number of likely N-dealkylation sites (tertiary alicyclic amines) is 1. The molecule has 2 fully saturated rings. The van der Waals surface area contributed by atoms with Crippen LogP contribution in [0.3, 0.4) is 0 Å². The summed E-state index contributed by atoms with van der Waals surface area (Å²) in [5.41, 5.74) is 0. The number of carbonyl (C=O) groups is 1. The minimum absolute atomic E-state index is 0.149. The van der Waals surface area contributed by atoms with Gasteiger partial charge in [-0.2, -0.15) is 4.31 Å². The van der Waals surface area contributed by atoms with Crippen LogP contribution in [0.25, 0.3) is 0 Å². The number of rotatable bonds is 4. The molecule has 0 bridgehead atoms. The molecule has 2 saturated heterocycles. The minimum atomic E-state index is -3.57. The van der Waals surface area contributed by atoms with Gasteiger partial charge < -0.3 is 4.90 Å². The van der Waals surface area contributed by atoms with Crippen molar-refractivity contribution in [1.82, 2.24) is 19.1 Å². The molecule has 0 radical (unpaired) electrons. The van der Waals surface area contributed by atoms with Crippen LogP contribution in [0.15, 0.2) is 23.2 Å². The molecule has 1 amide bonds. The number of piperazine rings is 1. The zero-order valence-corrected chi connectivity index (χ0v) is 16.4. The Kier molecular flexibility index (Phi) is 6.50. The smallest absolute Gasteiger partial charge is 0.244 e. The molecule has 9 heteroatoms. The number of hydrogen-bond acceptors (Lipinski definition) is 5. The molecule has 0 aromatic carbocycles. The SMILES string of the molecule is O=C(CN1CCN(S(=O)(=O)c2ccc(Cl)nc2)CC1)N1CCCCCC1. The van der Waals surface area contributed by atoms with Gasteiger partial charge in [0.25, 0.3) is 0 Å². The van der Waals surface area contributed by atoms with Gasteiger partial charge in [0.05, 0.1) is 6.54 Å². The second-order valence-corrected chi connectivity index (χ2v) is 9.12. The molecule has 0 spiro atoms. The van der Waals surface area contributed by atoms with E-state index in [0.29, 0.717) is 32.7 Å². The highest BCUT2D eigenvalue weighted by Gasteiger charge is 2.30. The van der Waals surface area contributed by atoms with Crippen LogP contribution >= 0.6 is 11.6 Å². The molecule has 144 valence electrons. The first-order valence-corrected chi connectivity index (χ1v) is 10.9. The number of sulfonamides is 1. The van der Waals surface area contributed by atoms with E-state index in [4.69, 9.17) is 11.6 Å². The Morgan fingerprint density at radius 2 is 1.65 bits per heavy atom. The summed E-state index contributed by atoms with van der Waals surface area (Å²) in [6.07, 6.45) is 5.83. The zero-order valence-electron chi connectivity index (χ0n) is 14.8. The first-order valence-electron chi connectivity index (χ1n) is 9.09. The fourth-order valence-corrected chi connectivity index (χ4v) is 4.88. The molecule has 0 saturated carbocycles. The van der Waals surface area contributed by atoms with Gasteiger partial charge in [-0.1, -0.05) is 24.4 Å². The van der Waals surface area contributed by atoms with E-state index in [9.17, 15) is 13.2 Å². The first-order chi connectivity index (χ1) is 12.5. The third kappa shape index (κ3) is 4.73. The van der Waals surface area contributed by atoms with E-state index in [1.54, 1.807) is 0 Å². The van der Waals surface area contributed by atoms with E-state index in [0.717, 1.165) is 25.9 Å². The maximum Gasteiger partial charge on any atom is 0.244 e. The predicted molar refractivity (Wildman–Crippen MR) is 99.5 cm³/mol. The molecule has 1 aromatic heterocycles. The highest BCUT2D eigenvalue weighted by molar-refractivity contribution is 7.89. The lowest BCUT2D eigenvalue weighted by Gasteiger charge is -2.34. The zero-order chi connectivity index (χ0) is 18.6. The van der Waals surface area contributed by atoms with Gasteiger partial charge in [0.15, 0.2) is 0 Å². The van der Waals surface area contributed by atoms with Gasteiger partial charge in [0, 0.05) is 45.5 Å². The summed E-state index contributed by atoms with van der Waals surface area (Å²) in [5, 5.41) is 0.265. The monoisotopic (exact) mass is 400 g/mol. The van der Waals surface area contributed by atoms with Crippen LogP contribution in [0.1, 0.15) is 25.7 Å². The molecule has 0 atom stereocenters. The molecule has 0 N–H and O–H groups in total. The van der Waals surface area contributed by atoms with E-state index in [-0.39, 0.29) is 16.0 Å². The molecule has 0 aliphatic carbocycles. The third-order valence-electron chi connectivity index (χ3n) is 4.99. The average Bonchev–Trinajstić information content (AvgIpc) is 2.92. The molecular weight excluding hydrogens is 376 g/mol. The van der Waals surface area contributed by atoms with E-state index >= 15 is 0 Å². The van der Waals surface area contributed by atoms with Crippen molar-refractivity contribution in [3.63, 3.8) is 0 Å². The highest BCUT2D eigenvalue weighted by Crippen LogP contribution is 2.18. The lowest BCUT2D eigenvalue weighted by atomic mass is 10.2. The summed E-state index contributed by atoms with van der Waals surface area (Å²) >= 11 is 5.73. The van der Waals surface area contributed by atoms with Crippen LogP contribution in [0.4, 0.5) is 0 Å². The Hall–Kier alpha value is -1.22. The van der Waals surface area contributed by atoms with Crippen LogP contribution in [0, 0.1) is 0 Å². The lowest BCUT2D eigenvalue weighted by Crippen LogP contribution is -2.51. The number of carbonyl (C=O) groups excluding carboxylic acids is 1. The fourth-order valence-electron chi connectivity index (χ4n) is 3.40. The second-order valence-electron chi connectivity index (χ2n) is 6.79. The Labute approximate surface area is 160 Å². The quantitative estimate of drug-likeness (QED) is 0.715. The van der Waals surface area contributed by atoms with Crippen molar-refractivity contribution < 1.29 is 13.2 Å². The van der Waals surface area contributed by atoms with Crippen LogP contribution in [0.2, 0.25) is 5.15 Å². The molecule has 7 nitrogen and oxygen atoms in total. The molecule has 1 aromatic rings. The molecular formula is C17H25ClN4O3S. The lowest BCUT2D eigenvalue weighted by molar-refractivity contribution is -0.132. The molecule has 3 rings (SSSR count). The number of nitrogens with zero attached hydrogens (tertiary/aromatic N) is 4. The Bertz CT molecular complexity index is 710. The normalized spacial score (nSPS) is 20.7. The minimum Gasteiger partial charge on any atom is -0.342 e. The summed E-state index contributed by atoms with van der Waals surface area (Å²) in [6.45, 7) is 3.92. The molecule has 26 heavy (non-hydrogen) atoms. The van der Waals surface area contributed by atoms with Gasteiger partial charge in [-0.3, -0.25) is 9.69 Å². The molecule has 2 aliphatic rings. The van der Waals surface area contributed by atoms with Gasteiger partial charge in [-0.25, -0.2) is 13.4 Å². The topological polar surface area (TPSA) is 73.8 Å². The van der Waals surface area contributed by atoms with Crippen LogP contribution < -0.4 is 0 Å². The van der Waals surface area contributed by atoms with Crippen molar-refractivity contribution >= 4 is 27.5 Å². The standard InChI is InChI=1S/C17H25ClN4O3S/c18-16-6-5-15(13-19-16)26(24,25)22-11-9-20(10-12-22)14-17(23)21-7-3-1-2-4-8-21/h5-6,13H,1-4,7-12,14H2. The van der Waals surface area contributed by atoms with Crippen molar-refractivity contribution in [3.05, 3.63) is 23.5 Å². The molecule has 3 heterocycles. The first kappa shape index (κ1) is 19.5. The Morgan fingerprint density at radius 3 is 2.23 bits per heavy atom. The van der Waals surface area contributed by atoms with E-state index in [1.807, 2.05) is 9.80 Å². The van der Waals surface area contributed by atoms with Crippen LogP contribution in [0.5, 0.6) is 0 Å². The summed E-state index contributed by atoms with van der Waals surface area (Å²) < 4.78 is 26.8. The van der Waals surface area contributed by atoms with Gasteiger partial charge in [-0.05, 0) is 25.0 Å². The maximum atomic E-state index is 12.7.